The third-order valence-corrected chi connectivity index (χ3v) is 5.84. The number of aryl methyl sites for hydroxylation is 1. The molecule has 0 unspecified atom stereocenters. The molecule has 0 saturated carbocycles. The van der Waals surface area contributed by atoms with Crippen molar-refractivity contribution in [3.8, 4) is 5.69 Å². The van der Waals surface area contributed by atoms with Gasteiger partial charge in [0.15, 0.2) is 0 Å². The number of amides is 1. The van der Waals surface area contributed by atoms with Gasteiger partial charge in [-0.05, 0) is 41.5 Å². The summed E-state index contributed by atoms with van der Waals surface area (Å²) in [7, 11) is 0. The van der Waals surface area contributed by atoms with E-state index in [1.165, 1.54) is 0 Å². The largest absolute Gasteiger partial charge is 0.383 e. The minimum absolute atomic E-state index is 0.0591. The van der Waals surface area contributed by atoms with Gasteiger partial charge in [0.25, 0.3) is 11.5 Å². The standard InChI is InChI=1S/C17H14ClNO.C10H9N3O/c1-2-13-11-12-7-6-10-15(18)16(12)17(20)19(13)14-8-4-3-5-9-14;11-9-8(10(12)14)7-4-2-1-3-6(7)5-13-9/h3-11H,2H2,1H3;1-5H,(H2,11,13)(H2,12,14). The average molecular weight is 471 g/mol. The van der Waals surface area contributed by atoms with Crippen LogP contribution in [0.5, 0.6) is 0 Å². The van der Waals surface area contributed by atoms with Gasteiger partial charge in [-0.25, -0.2) is 4.98 Å². The van der Waals surface area contributed by atoms with Gasteiger partial charge in [-0.3, -0.25) is 14.2 Å². The highest BCUT2D eigenvalue weighted by Gasteiger charge is 2.12. The van der Waals surface area contributed by atoms with Crippen LogP contribution in [0.1, 0.15) is 23.0 Å². The number of nitrogens with zero attached hydrogens (tertiary/aromatic N) is 2. The second-order valence-electron chi connectivity index (χ2n) is 7.64. The van der Waals surface area contributed by atoms with Crippen molar-refractivity contribution in [2.75, 3.05) is 5.73 Å². The molecule has 6 nitrogen and oxygen atoms in total. The SMILES string of the molecule is CCc1cc2cccc(Cl)c2c(=O)n1-c1ccccc1.NC(=O)c1c(N)ncc2ccccc12. The van der Waals surface area contributed by atoms with Gasteiger partial charge < -0.3 is 11.5 Å². The van der Waals surface area contributed by atoms with Crippen LogP contribution in [-0.2, 0) is 6.42 Å². The highest BCUT2D eigenvalue weighted by Crippen LogP contribution is 2.23. The third-order valence-electron chi connectivity index (χ3n) is 5.52. The minimum Gasteiger partial charge on any atom is -0.383 e. The van der Waals surface area contributed by atoms with Crippen molar-refractivity contribution in [2.45, 2.75) is 13.3 Å². The molecule has 0 spiro atoms. The Morgan fingerprint density at radius 3 is 2.35 bits per heavy atom. The molecule has 0 radical (unpaired) electrons. The number of hydrogen-bond donors (Lipinski definition) is 2. The van der Waals surface area contributed by atoms with Gasteiger partial charge in [-0.1, -0.05) is 73.1 Å². The third kappa shape index (κ3) is 4.36. The Labute approximate surface area is 201 Å². The molecule has 0 bridgehead atoms. The zero-order valence-corrected chi connectivity index (χ0v) is 19.3. The van der Waals surface area contributed by atoms with Crippen molar-refractivity contribution in [3.63, 3.8) is 0 Å². The summed E-state index contributed by atoms with van der Waals surface area (Å²) < 4.78 is 1.74. The zero-order valence-electron chi connectivity index (χ0n) is 18.5. The molecule has 1 amide bonds. The van der Waals surface area contributed by atoms with Crippen molar-refractivity contribution < 1.29 is 4.79 Å². The number of fused-ring (bicyclic) bond motifs is 2. The van der Waals surface area contributed by atoms with Crippen LogP contribution in [0.4, 0.5) is 5.82 Å². The van der Waals surface area contributed by atoms with Crippen molar-refractivity contribution in [1.29, 1.82) is 0 Å². The lowest BCUT2D eigenvalue weighted by atomic mass is 10.1. The van der Waals surface area contributed by atoms with Crippen LogP contribution < -0.4 is 17.0 Å². The normalized spacial score (nSPS) is 10.6. The lowest BCUT2D eigenvalue weighted by molar-refractivity contribution is 0.100. The number of anilines is 1. The van der Waals surface area contributed by atoms with Gasteiger partial charge in [0, 0.05) is 23.0 Å². The van der Waals surface area contributed by atoms with E-state index in [9.17, 15) is 9.59 Å². The molecule has 0 aliphatic carbocycles. The van der Waals surface area contributed by atoms with Crippen LogP contribution >= 0.6 is 11.6 Å². The summed E-state index contributed by atoms with van der Waals surface area (Å²) in [5.74, 6) is -0.372. The summed E-state index contributed by atoms with van der Waals surface area (Å²) in [6.45, 7) is 2.05. The molecule has 5 aromatic rings. The van der Waals surface area contributed by atoms with Crippen LogP contribution in [0.3, 0.4) is 0 Å². The Balaban J connectivity index is 0.000000172. The number of hydrogen-bond acceptors (Lipinski definition) is 4. The topological polar surface area (TPSA) is 104 Å². The van der Waals surface area contributed by atoms with E-state index < -0.39 is 5.91 Å². The van der Waals surface area contributed by atoms with Crippen LogP contribution in [0.15, 0.2) is 89.9 Å². The number of aromatic nitrogens is 2. The Morgan fingerprint density at radius 1 is 0.971 bits per heavy atom. The lowest BCUT2D eigenvalue weighted by Gasteiger charge is -2.14. The molecule has 5 rings (SSSR count). The zero-order chi connectivity index (χ0) is 24.2. The smallest absolute Gasteiger partial charge is 0.264 e. The van der Waals surface area contributed by atoms with E-state index in [0.717, 1.165) is 34.0 Å². The van der Waals surface area contributed by atoms with E-state index in [0.29, 0.717) is 16.0 Å². The summed E-state index contributed by atoms with van der Waals surface area (Å²) in [6, 6.07) is 24.6. The fourth-order valence-electron chi connectivity index (χ4n) is 3.93. The second-order valence-corrected chi connectivity index (χ2v) is 8.05. The molecule has 2 aromatic heterocycles. The number of nitrogen functional groups attached to an aromatic ring is 1. The first kappa shape index (κ1) is 23.0. The maximum Gasteiger partial charge on any atom is 0.264 e. The Hall–Kier alpha value is -4.16. The molecular formula is C27H23ClN4O2. The number of carbonyl (C=O) groups excluding carboxylic acids is 1. The quantitative estimate of drug-likeness (QED) is 0.381. The molecular weight excluding hydrogens is 448 g/mol. The van der Waals surface area contributed by atoms with E-state index in [4.69, 9.17) is 23.1 Å². The van der Waals surface area contributed by atoms with Crippen LogP contribution in [0.2, 0.25) is 5.02 Å². The number of benzene rings is 3. The molecule has 0 aliphatic rings. The second kappa shape index (κ2) is 9.77. The molecule has 0 aliphatic heterocycles. The summed E-state index contributed by atoms with van der Waals surface area (Å²) in [5.41, 5.74) is 12.9. The molecule has 0 atom stereocenters. The Bertz CT molecular complexity index is 1560. The number of carbonyl (C=O) groups is 1. The summed E-state index contributed by atoms with van der Waals surface area (Å²) in [5, 5.41) is 3.57. The van der Waals surface area contributed by atoms with Crippen LogP contribution in [0, 0.1) is 0 Å². The van der Waals surface area contributed by atoms with Gasteiger partial charge in [0.2, 0.25) is 0 Å². The summed E-state index contributed by atoms with van der Waals surface area (Å²) in [6.07, 6.45) is 2.41. The molecule has 2 heterocycles. The van der Waals surface area contributed by atoms with Crippen LogP contribution in [-0.4, -0.2) is 15.5 Å². The molecule has 7 heteroatoms. The van der Waals surface area contributed by atoms with Gasteiger partial charge in [0.05, 0.1) is 16.0 Å². The predicted molar refractivity (Wildman–Crippen MR) is 139 cm³/mol. The van der Waals surface area contributed by atoms with Gasteiger partial charge >= 0.3 is 0 Å². The highest BCUT2D eigenvalue weighted by molar-refractivity contribution is 6.35. The maximum atomic E-state index is 12.8. The monoisotopic (exact) mass is 470 g/mol. The minimum atomic E-state index is -0.549. The first-order valence-electron chi connectivity index (χ1n) is 10.7. The van der Waals surface area contributed by atoms with E-state index in [1.54, 1.807) is 22.9 Å². The van der Waals surface area contributed by atoms with Gasteiger partial charge in [0.1, 0.15) is 5.82 Å². The molecule has 170 valence electrons. The van der Waals surface area contributed by atoms with E-state index in [1.807, 2.05) is 73.7 Å². The fraction of sp³-hybridized carbons (Fsp3) is 0.0741. The molecule has 3 aromatic carbocycles. The number of para-hydroxylation sites is 1. The predicted octanol–water partition coefficient (Wildman–Crippen LogP) is 5.12. The van der Waals surface area contributed by atoms with Gasteiger partial charge in [-0.15, -0.1) is 0 Å². The first-order chi connectivity index (χ1) is 16.4. The number of pyridine rings is 2. The Morgan fingerprint density at radius 2 is 1.65 bits per heavy atom. The molecule has 0 fully saturated rings. The Kier molecular flexibility index (Phi) is 6.61. The number of nitrogens with two attached hydrogens (primary N) is 2. The van der Waals surface area contributed by atoms with Crippen molar-refractivity contribution in [3.05, 3.63) is 112 Å². The number of rotatable bonds is 3. The molecule has 0 saturated heterocycles. The van der Waals surface area contributed by atoms with Gasteiger partial charge in [-0.2, -0.15) is 0 Å². The maximum absolute atomic E-state index is 12.8. The van der Waals surface area contributed by atoms with E-state index in [2.05, 4.69) is 4.98 Å². The van der Waals surface area contributed by atoms with E-state index in [-0.39, 0.29) is 11.4 Å². The lowest BCUT2D eigenvalue weighted by Crippen LogP contribution is -2.22. The van der Waals surface area contributed by atoms with Crippen molar-refractivity contribution in [1.82, 2.24) is 9.55 Å². The molecule has 34 heavy (non-hydrogen) atoms. The number of primary amides is 1. The van der Waals surface area contributed by atoms with Crippen molar-refractivity contribution >= 4 is 44.9 Å². The first-order valence-corrected chi connectivity index (χ1v) is 11.1. The highest BCUT2D eigenvalue weighted by atomic mass is 35.5. The summed E-state index contributed by atoms with van der Waals surface area (Å²) >= 11 is 6.20. The van der Waals surface area contributed by atoms with Crippen molar-refractivity contribution in [2.24, 2.45) is 5.73 Å². The van der Waals surface area contributed by atoms with Crippen LogP contribution in [0.25, 0.3) is 27.2 Å². The number of halogens is 1. The van der Waals surface area contributed by atoms with E-state index >= 15 is 0 Å². The summed E-state index contributed by atoms with van der Waals surface area (Å²) in [4.78, 5) is 27.9. The molecule has 4 N–H and O–H groups in total. The fourth-order valence-corrected chi connectivity index (χ4v) is 4.19. The average Bonchev–Trinajstić information content (AvgIpc) is 2.84.